The Kier molecular flexibility index (Phi) is 3.77. The number of methoxy groups -OCH3 is 1. The van der Waals surface area contributed by atoms with E-state index in [1.807, 2.05) is 0 Å². The van der Waals surface area contributed by atoms with Crippen LogP contribution < -0.4 is 4.74 Å². The second-order valence-corrected chi connectivity index (χ2v) is 3.31. The molecular weight excluding hydrogens is 202 g/mol. The van der Waals surface area contributed by atoms with Gasteiger partial charge in [-0.15, -0.1) is 0 Å². The lowest BCUT2D eigenvalue weighted by Gasteiger charge is -2.11. The Balaban J connectivity index is 3.11. The molecule has 1 aromatic carbocycles. The van der Waals surface area contributed by atoms with Crippen LogP contribution in [0.1, 0.15) is 24.8 Å². The summed E-state index contributed by atoms with van der Waals surface area (Å²) in [5, 5.41) is 0. The van der Waals surface area contributed by atoms with E-state index in [4.69, 9.17) is 4.74 Å². The van der Waals surface area contributed by atoms with Crippen molar-refractivity contribution in [3.63, 3.8) is 0 Å². The second kappa shape index (κ2) is 4.87. The van der Waals surface area contributed by atoms with Crippen LogP contribution in [0.15, 0.2) is 12.1 Å². The molecule has 0 radical (unpaired) electrons. The maximum atomic E-state index is 13.3. The molecule has 0 heterocycles. The Morgan fingerprint density at radius 2 is 2.07 bits per heavy atom. The normalized spacial score (nSPS) is 12.3. The van der Waals surface area contributed by atoms with Gasteiger partial charge in [0.25, 0.3) is 0 Å². The Morgan fingerprint density at radius 3 is 2.60 bits per heavy atom. The van der Waals surface area contributed by atoms with Gasteiger partial charge >= 0.3 is 0 Å². The van der Waals surface area contributed by atoms with Crippen LogP contribution in [0.5, 0.6) is 5.75 Å². The van der Waals surface area contributed by atoms with Crippen LogP contribution >= 0.6 is 0 Å². The Hall–Kier alpha value is -1.45. The highest BCUT2D eigenvalue weighted by molar-refractivity contribution is 5.52. The lowest BCUT2D eigenvalue weighted by molar-refractivity contribution is -0.108. The monoisotopic (exact) mass is 214 g/mol. The van der Waals surface area contributed by atoms with E-state index in [0.29, 0.717) is 11.8 Å². The molecule has 0 saturated carbocycles. The first kappa shape index (κ1) is 11.6. The summed E-state index contributed by atoms with van der Waals surface area (Å²) in [6, 6.07) is 2.06. The lowest BCUT2D eigenvalue weighted by Crippen LogP contribution is -2.01. The molecule has 1 unspecified atom stereocenters. The summed E-state index contributed by atoms with van der Waals surface area (Å²) in [4.78, 5) is 10.3. The van der Waals surface area contributed by atoms with Crippen molar-refractivity contribution in [1.29, 1.82) is 0 Å². The van der Waals surface area contributed by atoms with Crippen LogP contribution in [-0.4, -0.2) is 13.4 Å². The van der Waals surface area contributed by atoms with Gasteiger partial charge in [-0.3, -0.25) is 0 Å². The van der Waals surface area contributed by atoms with Gasteiger partial charge in [-0.1, -0.05) is 6.92 Å². The maximum absolute atomic E-state index is 13.3. The van der Waals surface area contributed by atoms with Crippen LogP contribution in [0.3, 0.4) is 0 Å². The molecule has 0 spiro atoms. The van der Waals surface area contributed by atoms with Gasteiger partial charge < -0.3 is 9.53 Å². The molecule has 0 bridgehead atoms. The molecule has 0 N–H and O–H groups in total. The van der Waals surface area contributed by atoms with Crippen molar-refractivity contribution in [3.8, 4) is 5.75 Å². The molecule has 0 saturated heterocycles. The second-order valence-electron chi connectivity index (χ2n) is 3.31. The van der Waals surface area contributed by atoms with Gasteiger partial charge in [0.05, 0.1) is 7.11 Å². The summed E-state index contributed by atoms with van der Waals surface area (Å²) in [6.45, 7) is 1.70. The van der Waals surface area contributed by atoms with Crippen molar-refractivity contribution in [2.75, 3.05) is 7.11 Å². The summed E-state index contributed by atoms with van der Waals surface area (Å²) in [6.07, 6.45) is 0.908. The van der Waals surface area contributed by atoms with E-state index < -0.39 is 11.6 Å². The third kappa shape index (κ3) is 2.52. The number of carbonyl (C=O) groups excluding carboxylic acids is 1. The molecule has 82 valence electrons. The van der Waals surface area contributed by atoms with Gasteiger partial charge in [-0.05, 0) is 17.5 Å². The van der Waals surface area contributed by atoms with Gasteiger partial charge in [0.1, 0.15) is 12.1 Å². The molecule has 0 fully saturated rings. The van der Waals surface area contributed by atoms with Crippen molar-refractivity contribution in [2.24, 2.45) is 0 Å². The third-order valence-electron chi connectivity index (χ3n) is 2.25. The molecule has 2 nitrogen and oxygen atoms in total. The molecule has 0 amide bonds. The smallest absolute Gasteiger partial charge is 0.167 e. The molecule has 1 aromatic rings. The quantitative estimate of drug-likeness (QED) is 0.720. The first-order valence-electron chi connectivity index (χ1n) is 4.56. The zero-order chi connectivity index (χ0) is 11.4. The standard InChI is InChI=1S/C11H12F2O2/c1-7(3-4-14)8-5-11(15-2)10(13)6-9(8)12/h4-7H,3H2,1-2H3. The van der Waals surface area contributed by atoms with Gasteiger partial charge in [-0.25, -0.2) is 8.78 Å². The van der Waals surface area contributed by atoms with Gasteiger partial charge in [-0.2, -0.15) is 0 Å². The van der Waals surface area contributed by atoms with Crippen molar-refractivity contribution in [1.82, 2.24) is 0 Å². The number of aldehydes is 1. The van der Waals surface area contributed by atoms with Crippen molar-refractivity contribution in [3.05, 3.63) is 29.3 Å². The van der Waals surface area contributed by atoms with Crippen LogP contribution in [-0.2, 0) is 4.79 Å². The highest BCUT2D eigenvalue weighted by atomic mass is 19.1. The average Bonchev–Trinajstić information content (AvgIpc) is 2.18. The lowest BCUT2D eigenvalue weighted by atomic mass is 9.97. The van der Waals surface area contributed by atoms with E-state index >= 15 is 0 Å². The number of carbonyl (C=O) groups is 1. The fraction of sp³-hybridized carbons (Fsp3) is 0.364. The van der Waals surface area contributed by atoms with Crippen LogP contribution in [0.4, 0.5) is 8.78 Å². The Bertz CT molecular complexity index is 364. The Labute approximate surface area is 86.9 Å². The number of hydrogen-bond donors (Lipinski definition) is 0. The van der Waals surface area contributed by atoms with E-state index in [1.165, 1.54) is 13.2 Å². The highest BCUT2D eigenvalue weighted by Gasteiger charge is 2.15. The van der Waals surface area contributed by atoms with Crippen molar-refractivity contribution < 1.29 is 18.3 Å². The summed E-state index contributed by atoms with van der Waals surface area (Å²) < 4.78 is 31.1. The maximum Gasteiger partial charge on any atom is 0.167 e. The van der Waals surface area contributed by atoms with Gasteiger partial charge in [0.2, 0.25) is 0 Å². The third-order valence-corrected chi connectivity index (χ3v) is 2.25. The number of rotatable bonds is 4. The fourth-order valence-corrected chi connectivity index (χ4v) is 1.35. The SMILES string of the molecule is COc1cc(C(C)CC=O)c(F)cc1F. The van der Waals surface area contributed by atoms with Crippen molar-refractivity contribution >= 4 is 6.29 Å². The number of halogens is 2. The largest absolute Gasteiger partial charge is 0.494 e. The van der Waals surface area contributed by atoms with E-state index in [9.17, 15) is 13.6 Å². The molecule has 0 aliphatic carbocycles. The van der Waals surface area contributed by atoms with Crippen molar-refractivity contribution in [2.45, 2.75) is 19.3 Å². The summed E-state index contributed by atoms with van der Waals surface area (Å²) in [5.41, 5.74) is 0.292. The number of benzene rings is 1. The molecule has 1 rings (SSSR count). The minimum Gasteiger partial charge on any atom is -0.494 e. The molecule has 0 aromatic heterocycles. The number of hydrogen-bond acceptors (Lipinski definition) is 2. The summed E-state index contributed by atoms with van der Waals surface area (Å²) in [7, 11) is 1.31. The van der Waals surface area contributed by atoms with E-state index in [0.717, 1.165) is 6.07 Å². The van der Waals surface area contributed by atoms with Crippen LogP contribution in [0.2, 0.25) is 0 Å². The first-order valence-corrected chi connectivity index (χ1v) is 4.56. The predicted octanol–water partition coefficient (Wildman–Crippen LogP) is 2.67. The predicted molar refractivity (Wildman–Crippen MR) is 52.0 cm³/mol. The number of ether oxygens (including phenoxy) is 1. The topological polar surface area (TPSA) is 26.3 Å². The molecule has 1 atom stereocenters. The Morgan fingerprint density at radius 1 is 1.40 bits per heavy atom. The average molecular weight is 214 g/mol. The molecule has 15 heavy (non-hydrogen) atoms. The molecule has 0 aliphatic rings. The summed E-state index contributed by atoms with van der Waals surface area (Å²) >= 11 is 0. The van der Waals surface area contributed by atoms with E-state index in [1.54, 1.807) is 6.92 Å². The van der Waals surface area contributed by atoms with Gasteiger partial charge in [0.15, 0.2) is 11.6 Å². The van der Waals surface area contributed by atoms with Crippen LogP contribution in [0.25, 0.3) is 0 Å². The van der Waals surface area contributed by atoms with Gasteiger partial charge in [0, 0.05) is 12.5 Å². The summed E-state index contributed by atoms with van der Waals surface area (Å²) in [5.74, 6) is -1.68. The van der Waals surface area contributed by atoms with Crippen LogP contribution in [0, 0.1) is 11.6 Å². The molecular formula is C11H12F2O2. The minimum absolute atomic E-state index is 0.0100. The molecule has 0 aliphatic heterocycles. The zero-order valence-electron chi connectivity index (χ0n) is 8.59. The molecule has 4 heteroatoms. The minimum atomic E-state index is -0.739. The van der Waals surface area contributed by atoms with E-state index in [-0.39, 0.29) is 18.1 Å². The highest BCUT2D eigenvalue weighted by Crippen LogP contribution is 2.27. The fourth-order valence-electron chi connectivity index (χ4n) is 1.35. The first-order chi connectivity index (χ1) is 7.10. The zero-order valence-corrected chi connectivity index (χ0v) is 8.59. The van der Waals surface area contributed by atoms with E-state index in [2.05, 4.69) is 0 Å².